The van der Waals surface area contributed by atoms with E-state index in [4.69, 9.17) is 4.74 Å². The topological polar surface area (TPSA) is 29.5 Å². The molecule has 1 aromatic rings. The van der Waals surface area contributed by atoms with E-state index in [9.17, 15) is 4.79 Å². The fourth-order valence-electron chi connectivity index (χ4n) is 1.65. The van der Waals surface area contributed by atoms with Crippen molar-refractivity contribution < 1.29 is 9.53 Å². The average Bonchev–Trinajstić information content (AvgIpc) is 2.26. The van der Waals surface area contributed by atoms with Gasteiger partial charge in [0.2, 0.25) is 0 Å². The molecule has 100 valence electrons. The molecule has 0 fully saturated rings. The van der Waals surface area contributed by atoms with Crippen LogP contribution in [0.1, 0.15) is 39.7 Å². The Hall–Kier alpha value is -1.51. The lowest BCUT2D eigenvalue weighted by molar-refractivity contribution is 0.0589. The van der Waals surface area contributed by atoms with Crippen molar-refractivity contribution in [3.63, 3.8) is 0 Å². The Morgan fingerprint density at radius 2 is 2.00 bits per heavy atom. The van der Waals surface area contributed by atoms with Crippen LogP contribution in [0.5, 0.6) is 0 Å². The van der Waals surface area contributed by atoms with E-state index in [-0.39, 0.29) is 6.09 Å². The van der Waals surface area contributed by atoms with E-state index in [0.29, 0.717) is 0 Å². The van der Waals surface area contributed by atoms with Gasteiger partial charge in [-0.1, -0.05) is 25.5 Å². The van der Waals surface area contributed by atoms with Crippen molar-refractivity contribution in [2.75, 3.05) is 11.9 Å². The van der Waals surface area contributed by atoms with Gasteiger partial charge >= 0.3 is 6.09 Å². The fraction of sp³-hybridized carbons (Fsp3) is 0.533. The standard InChI is InChI=1S/C15H23NO2/c1-6-8-12-9-7-10-13(11-12)16(5)14(17)18-15(2,3)4/h7,9-11H,6,8H2,1-5H3. The number of nitrogens with zero attached hydrogens (tertiary/aromatic N) is 1. The largest absolute Gasteiger partial charge is 0.443 e. The van der Waals surface area contributed by atoms with Crippen LogP contribution in [0.3, 0.4) is 0 Å². The van der Waals surface area contributed by atoms with E-state index in [2.05, 4.69) is 13.0 Å². The molecule has 0 saturated carbocycles. The van der Waals surface area contributed by atoms with Crippen LogP contribution in [0.2, 0.25) is 0 Å². The molecule has 0 unspecified atom stereocenters. The summed E-state index contributed by atoms with van der Waals surface area (Å²) in [6.07, 6.45) is 1.80. The second-order valence-electron chi connectivity index (χ2n) is 5.46. The van der Waals surface area contributed by atoms with Crippen molar-refractivity contribution in [1.82, 2.24) is 0 Å². The van der Waals surface area contributed by atoms with E-state index in [1.807, 2.05) is 39.0 Å². The predicted octanol–water partition coefficient (Wildman–Crippen LogP) is 4.01. The van der Waals surface area contributed by atoms with Crippen LogP contribution in [0.15, 0.2) is 24.3 Å². The van der Waals surface area contributed by atoms with E-state index in [1.165, 1.54) is 5.56 Å². The monoisotopic (exact) mass is 249 g/mol. The first-order valence-electron chi connectivity index (χ1n) is 6.39. The molecule has 0 aliphatic heterocycles. The first kappa shape index (κ1) is 14.6. The molecule has 0 atom stereocenters. The van der Waals surface area contributed by atoms with Gasteiger partial charge in [-0.05, 0) is 44.9 Å². The third-order valence-electron chi connectivity index (χ3n) is 2.50. The average molecular weight is 249 g/mol. The number of anilines is 1. The minimum atomic E-state index is -0.466. The zero-order valence-electron chi connectivity index (χ0n) is 12.0. The van der Waals surface area contributed by atoms with E-state index in [0.717, 1.165) is 18.5 Å². The minimum absolute atomic E-state index is 0.323. The molecule has 0 aliphatic rings. The molecule has 3 nitrogen and oxygen atoms in total. The molecule has 0 heterocycles. The summed E-state index contributed by atoms with van der Waals surface area (Å²) in [5.41, 5.74) is 1.65. The van der Waals surface area contributed by atoms with Gasteiger partial charge in [-0.25, -0.2) is 4.79 Å². The molecule has 0 bridgehead atoms. The lowest BCUT2D eigenvalue weighted by Crippen LogP contribution is -2.34. The maximum Gasteiger partial charge on any atom is 0.414 e. The number of hydrogen-bond donors (Lipinski definition) is 0. The van der Waals surface area contributed by atoms with Crippen LogP contribution in [-0.4, -0.2) is 18.7 Å². The van der Waals surface area contributed by atoms with Crippen molar-refractivity contribution >= 4 is 11.8 Å². The minimum Gasteiger partial charge on any atom is -0.443 e. The lowest BCUT2D eigenvalue weighted by atomic mass is 10.1. The third-order valence-corrected chi connectivity index (χ3v) is 2.50. The summed E-state index contributed by atoms with van der Waals surface area (Å²) in [5, 5.41) is 0. The summed E-state index contributed by atoms with van der Waals surface area (Å²) in [4.78, 5) is 13.5. The number of hydrogen-bond acceptors (Lipinski definition) is 2. The molecule has 1 amide bonds. The molecule has 1 aromatic carbocycles. The van der Waals surface area contributed by atoms with Gasteiger partial charge in [-0.15, -0.1) is 0 Å². The van der Waals surface area contributed by atoms with Crippen molar-refractivity contribution in [2.45, 2.75) is 46.1 Å². The Labute approximate surface area is 110 Å². The Balaban J connectivity index is 2.80. The zero-order valence-corrected chi connectivity index (χ0v) is 12.0. The first-order chi connectivity index (χ1) is 8.33. The second kappa shape index (κ2) is 5.89. The summed E-state index contributed by atoms with van der Waals surface area (Å²) in [5.74, 6) is 0. The fourth-order valence-corrected chi connectivity index (χ4v) is 1.65. The summed E-state index contributed by atoms with van der Waals surface area (Å²) in [7, 11) is 1.74. The van der Waals surface area contributed by atoms with Crippen LogP contribution in [0, 0.1) is 0 Å². The van der Waals surface area contributed by atoms with Gasteiger partial charge in [0.05, 0.1) is 0 Å². The highest BCUT2D eigenvalue weighted by molar-refractivity contribution is 5.87. The zero-order chi connectivity index (χ0) is 13.8. The Kier molecular flexibility index (Phi) is 4.76. The van der Waals surface area contributed by atoms with Crippen LogP contribution in [0.25, 0.3) is 0 Å². The predicted molar refractivity (Wildman–Crippen MR) is 75.1 cm³/mol. The van der Waals surface area contributed by atoms with Crippen LogP contribution in [-0.2, 0) is 11.2 Å². The van der Waals surface area contributed by atoms with E-state index >= 15 is 0 Å². The number of ether oxygens (including phenoxy) is 1. The molecule has 1 rings (SSSR count). The SMILES string of the molecule is CCCc1cccc(N(C)C(=O)OC(C)(C)C)c1. The molecule has 0 aromatic heterocycles. The summed E-state index contributed by atoms with van der Waals surface area (Å²) in [6.45, 7) is 7.75. The van der Waals surface area contributed by atoms with Crippen LogP contribution in [0.4, 0.5) is 10.5 Å². The smallest absolute Gasteiger partial charge is 0.414 e. The van der Waals surface area contributed by atoms with Crippen molar-refractivity contribution in [3.8, 4) is 0 Å². The number of benzene rings is 1. The summed E-state index contributed by atoms with van der Waals surface area (Å²) < 4.78 is 5.34. The van der Waals surface area contributed by atoms with E-state index < -0.39 is 5.60 Å². The van der Waals surface area contributed by atoms with Gasteiger partial charge in [0.25, 0.3) is 0 Å². The van der Waals surface area contributed by atoms with Gasteiger partial charge in [-0.2, -0.15) is 0 Å². The molecule has 0 radical (unpaired) electrons. The maximum atomic E-state index is 11.9. The lowest BCUT2D eigenvalue weighted by Gasteiger charge is -2.25. The summed E-state index contributed by atoms with van der Waals surface area (Å²) >= 11 is 0. The molecule has 0 spiro atoms. The quantitative estimate of drug-likeness (QED) is 0.810. The highest BCUT2D eigenvalue weighted by atomic mass is 16.6. The number of amides is 1. The summed E-state index contributed by atoms with van der Waals surface area (Å²) in [6, 6.07) is 8.01. The van der Waals surface area contributed by atoms with Crippen LogP contribution < -0.4 is 4.90 Å². The molecule has 0 aliphatic carbocycles. The number of carbonyl (C=O) groups is 1. The highest BCUT2D eigenvalue weighted by Crippen LogP contribution is 2.18. The Bertz CT molecular complexity index is 407. The highest BCUT2D eigenvalue weighted by Gasteiger charge is 2.20. The van der Waals surface area contributed by atoms with Gasteiger partial charge in [0.15, 0.2) is 0 Å². The molecule has 0 saturated heterocycles. The van der Waals surface area contributed by atoms with Gasteiger partial charge < -0.3 is 4.74 Å². The second-order valence-corrected chi connectivity index (χ2v) is 5.46. The molecule has 18 heavy (non-hydrogen) atoms. The molecule has 3 heteroatoms. The number of rotatable bonds is 3. The van der Waals surface area contributed by atoms with Gasteiger partial charge in [0.1, 0.15) is 5.60 Å². The Morgan fingerprint density at radius 3 is 2.56 bits per heavy atom. The molecular formula is C15H23NO2. The first-order valence-corrected chi connectivity index (χ1v) is 6.39. The number of aryl methyl sites for hydroxylation is 1. The number of carbonyl (C=O) groups excluding carboxylic acids is 1. The van der Waals surface area contributed by atoms with Crippen molar-refractivity contribution in [3.05, 3.63) is 29.8 Å². The van der Waals surface area contributed by atoms with E-state index in [1.54, 1.807) is 11.9 Å². The third kappa shape index (κ3) is 4.40. The van der Waals surface area contributed by atoms with Crippen molar-refractivity contribution in [2.24, 2.45) is 0 Å². The van der Waals surface area contributed by atoms with Gasteiger partial charge in [0, 0.05) is 12.7 Å². The van der Waals surface area contributed by atoms with Crippen molar-refractivity contribution in [1.29, 1.82) is 0 Å². The van der Waals surface area contributed by atoms with Crippen LogP contribution >= 0.6 is 0 Å². The van der Waals surface area contributed by atoms with Gasteiger partial charge in [-0.3, -0.25) is 4.90 Å². The Morgan fingerprint density at radius 1 is 1.33 bits per heavy atom. The normalized spacial score (nSPS) is 11.2. The molecule has 0 N–H and O–H groups in total. The molecular weight excluding hydrogens is 226 g/mol. The maximum absolute atomic E-state index is 11.9.